The van der Waals surface area contributed by atoms with Crippen LogP contribution in [-0.4, -0.2) is 40.4 Å². The van der Waals surface area contributed by atoms with E-state index in [4.69, 9.17) is 14.2 Å². The van der Waals surface area contributed by atoms with Crippen LogP contribution in [0.3, 0.4) is 0 Å². The highest BCUT2D eigenvalue weighted by Crippen LogP contribution is 2.38. The topological polar surface area (TPSA) is 100 Å². The van der Waals surface area contributed by atoms with Gasteiger partial charge in [-0.1, -0.05) is 41.5 Å². The minimum Gasteiger partial charge on any atom is -0.493 e. The van der Waals surface area contributed by atoms with Crippen LogP contribution >= 0.6 is 0 Å². The Balaban J connectivity index is 1.71. The van der Waals surface area contributed by atoms with Crippen molar-refractivity contribution in [3.05, 3.63) is 70.9 Å². The predicted molar refractivity (Wildman–Crippen MR) is 108 cm³/mol. The molecule has 0 spiro atoms. The molecule has 1 aromatic heterocycles. The van der Waals surface area contributed by atoms with Crippen molar-refractivity contribution in [2.75, 3.05) is 19.5 Å². The number of benzene rings is 2. The van der Waals surface area contributed by atoms with Crippen molar-refractivity contribution in [1.82, 2.24) is 20.2 Å². The Morgan fingerprint density at radius 2 is 1.87 bits per heavy atom. The molecule has 9 nitrogen and oxygen atoms in total. The van der Waals surface area contributed by atoms with Crippen LogP contribution in [0.1, 0.15) is 24.1 Å². The molecule has 4 rings (SSSR count). The average molecular weight is 407 g/mol. The lowest BCUT2D eigenvalue weighted by molar-refractivity contribution is -0.140. The molecule has 2 aromatic carbocycles. The molecule has 0 fully saturated rings. The molecule has 0 saturated heterocycles. The number of aromatic nitrogens is 4. The van der Waals surface area contributed by atoms with E-state index < -0.39 is 12.0 Å². The smallest absolute Gasteiger partial charge is 0.338 e. The van der Waals surface area contributed by atoms with Crippen molar-refractivity contribution < 1.29 is 19.0 Å². The van der Waals surface area contributed by atoms with E-state index in [1.807, 2.05) is 36.4 Å². The van der Waals surface area contributed by atoms with Crippen molar-refractivity contribution in [3.8, 4) is 11.5 Å². The lowest BCUT2D eigenvalue weighted by atomic mass is 9.95. The second kappa shape index (κ2) is 8.24. The molecule has 0 saturated carbocycles. The van der Waals surface area contributed by atoms with Gasteiger partial charge in [0.25, 0.3) is 0 Å². The maximum atomic E-state index is 13.1. The Morgan fingerprint density at radius 1 is 1.10 bits per heavy atom. The van der Waals surface area contributed by atoms with Crippen LogP contribution in [0.2, 0.25) is 0 Å². The van der Waals surface area contributed by atoms with Gasteiger partial charge in [-0.15, -0.1) is 0 Å². The Bertz CT molecular complexity index is 1090. The van der Waals surface area contributed by atoms with Gasteiger partial charge in [0.15, 0.2) is 11.5 Å². The number of carbonyl (C=O) groups excluding carboxylic acids is 1. The average Bonchev–Trinajstić information content (AvgIpc) is 3.24. The summed E-state index contributed by atoms with van der Waals surface area (Å²) in [5, 5.41) is 14.9. The normalized spacial score (nSPS) is 15.2. The van der Waals surface area contributed by atoms with Crippen molar-refractivity contribution >= 4 is 11.9 Å². The summed E-state index contributed by atoms with van der Waals surface area (Å²) >= 11 is 0. The Kier molecular flexibility index (Phi) is 5.34. The number of methoxy groups -OCH3 is 2. The number of nitrogens with one attached hydrogen (secondary N) is 1. The number of hydrogen-bond acceptors (Lipinski definition) is 8. The van der Waals surface area contributed by atoms with Crippen LogP contribution in [0.5, 0.6) is 11.5 Å². The van der Waals surface area contributed by atoms with Crippen molar-refractivity contribution in [2.24, 2.45) is 0 Å². The first-order chi connectivity index (χ1) is 14.6. The minimum absolute atomic E-state index is 0.164. The quantitative estimate of drug-likeness (QED) is 0.623. The zero-order chi connectivity index (χ0) is 21.1. The van der Waals surface area contributed by atoms with Crippen molar-refractivity contribution in [3.63, 3.8) is 0 Å². The van der Waals surface area contributed by atoms with Crippen LogP contribution in [0.15, 0.2) is 59.8 Å². The molecule has 2 heterocycles. The van der Waals surface area contributed by atoms with E-state index in [2.05, 4.69) is 20.8 Å². The van der Waals surface area contributed by atoms with Gasteiger partial charge in [-0.25, -0.2) is 4.79 Å². The third kappa shape index (κ3) is 3.57. The summed E-state index contributed by atoms with van der Waals surface area (Å²) in [4.78, 5) is 13.1. The summed E-state index contributed by atoms with van der Waals surface area (Å²) in [5.74, 6) is 1.11. The number of rotatable bonds is 6. The number of tetrazole rings is 1. The van der Waals surface area contributed by atoms with Gasteiger partial charge in [-0.05, 0) is 40.6 Å². The molecule has 1 aliphatic heterocycles. The highest BCUT2D eigenvalue weighted by atomic mass is 16.5. The summed E-state index contributed by atoms with van der Waals surface area (Å²) in [7, 11) is 3.13. The lowest BCUT2D eigenvalue weighted by Crippen LogP contribution is -2.29. The first-order valence-corrected chi connectivity index (χ1v) is 9.31. The Hall–Kier alpha value is -3.88. The van der Waals surface area contributed by atoms with E-state index in [0.717, 1.165) is 11.1 Å². The summed E-state index contributed by atoms with van der Waals surface area (Å²) in [6.07, 6.45) is 0. The van der Waals surface area contributed by atoms with E-state index in [1.54, 1.807) is 38.0 Å². The molecule has 1 N–H and O–H groups in total. The van der Waals surface area contributed by atoms with Crippen LogP contribution < -0.4 is 14.8 Å². The number of hydrogen-bond donors (Lipinski definition) is 1. The zero-order valence-electron chi connectivity index (χ0n) is 16.8. The summed E-state index contributed by atoms with van der Waals surface area (Å²) in [6, 6.07) is 14.4. The number of fused-ring (bicyclic) bond motifs is 1. The van der Waals surface area contributed by atoms with Crippen LogP contribution in [0, 0.1) is 0 Å². The van der Waals surface area contributed by atoms with Gasteiger partial charge < -0.3 is 19.5 Å². The second-order valence-electron chi connectivity index (χ2n) is 6.69. The molecule has 154 valence electrons. The third-order valence-electron chi connectivity index (χ3n) is 4.87. The largest absolute Gasteiger partial charge is 0.493 e. The molecule has 1 atom stereocenters. The highest BCUT2D eigenvalue weighted by Gasteiger charge is 2.35. The van der Waals surface area contributed by atoms with E-state index in [1.165, 1.54) is 0 Å². The molecule has 0 amide bonds. The van der Waals surface area contributed by atoms with Crippen LogP contribution in [-0.2, 0) is 16.1 Å². The number of nitrogens with zero attached hydrogens (tertiary/aromatic N) is 4. The second-order valence-corrected chi connectivity index (χ2v) is 6.69. The van der Waals surface area contributed by atoms with E-state index in [9.17, 15) is 4.79 Å². The first kappa shape index (κ1) is 19.4. The van der Waals surface area contributed by atoms with Crippen molar-refractivity contribution in [2.45, 2.75) is 19.6 Å². The SMILES string of the molecule is COc1ccc([C@H]2C(C(=O)OCc3ccccc3)=C(C)Nc3nnnn32)cc1OC. The molecule has 1 aliphatic rings. The molecule has 0 aliphatic carbocycles. The molecule has 0 bridgehead atoms. The molecule has 0 radical (unpaired) electrons. The van der Waals surface area contributed by atoms with Gasteiger partial charge >= 0.3 is 5.97 Å². The van der Waals surface area contributed by atoms with E-state index in [0.29, 0.717) is 28.7 Å². The molecule has 3 aromatic rings. The number of ether oxygens (including phenoxy) is 3. The maximum Gasteiger partial charge on any atom is 0.338 e. The minimum atomic E-state index is -0.584. The predicted octanol–water partition coefficient (Wildman–Crippen LogP) is 2.72. The molecule has 30 heavy (non-hydrogen) atoms. The molecule has 0 unspecified atom stereocenters. The Morgan fingerprint density at radius 3 is 2.60 bits per heavy atom. The third-order valence-corrected chi connectivity index (χ3v) is 4.87. The first-order valence-electron chi connectivity index (χ1n) is 9.31. The van der Waals surface area contributed by atoms with Gasteiger partial charge in [0.2, 0.25) is 5.95 Å². The van der Waals surface area contributed by atoms with Gasteiger partial charge in [0, 0.05) is 5.70 Å². The fraction of sp³-hybridized carbons (Fsp3) is 0.238. The lowest BCUT2D eigenvalue weighted by Gasteiger charge is -2.27. The maximum absolute atomic E-state index is 13.1. The van der Waals surface area contributed by atoms with Gasteiger partial charge in [-0.3, -0.25) is 0 Å². The number of carbonyl (C=O) groups is 1. The number of allylic oxidation sites excluding steroid dienone is 1. The Labute approximate surface area is 173 Å². The van der Waals surface area contributed by atoms with Gasteiger partial charge in [-0.2, -0.15) is 4.68 Å². The summed E-state index contributed by atoms with van der Waals surface area (Å²) in [6.45, 7) is 1.96. The summed E-state index contributed by atoms with van der Waals surface area (Å²) in [5.41, 5.74) is 2.69. The fourth-order valence-corrected chi connectivity index (χ4v) is 3.41. The van der Waals surface area contributed by atoms with E-state index >= 15 is 0 Å². The molecular weight excluding hydrogens is 386 g/mol. The molecular formula is C21H21N5O4. The number of esters is 1. The van der Waals surface area contributed by atoms with Crippen LogP contribution in [0.25, 0.3) is 0 Å². The fourth-order valence-electron chi connectivity index (χ4n) is 3.41. The summed E-state index contributed by atoms with van der Waals surface area (Å²) < 4.78 is 17.9. The van der Waals surface area contributed by atoms with E-state index in [-0.39, 0.29) is 6.61 Å². The van der Waals surface area contributed by atoms with Crippen molar-refractivity contribution in [1.29, 1.82) is 0 Å². The molecule has 9 heteroatoms. The standard InChI is InChI=1S/C21H21N5O4/c1-13-18(20(27)30-12-14-7-5-4-6-8-14)19(26-21(22-13)23-24-25-26)15-9-10-16(28-2)17(11-15)29-3/h4-11,19H,12H2,1-3H3,(H,22,23,25)/t19-/m0/s1. The highest BCUT2D eigenvalue weighted by molar-refractivity contribution is 5.92. The number of anilines is 1. The van der Waals surface area contributed by atoms with Crippen LogP contribution in [0.4, 0.5) is 5.95 Å². The monoisotopic (exact) mass is 407 g/mol. The zero-order valence-corrected chi connectivity index (χ0v) is 16.8. The van der Waals surface area contributed by atoms with Gasteiger partial charge in [0.05, 0.1) is 19.8 Å². The van der Waals surface area contributed by atoms with Gasteiger partial charge in [0.1, 0.15) is 12.6 Å².